The van der Waals surface area contributed by atoms with Crippen LogP contribution in [0.25, 0.3) is 0 Å². The van der Waals surface area contributed by atoms with Gasteiger partial charge in [-0.05, 0) is 22.8 Å². The Morgan fingerprint density at radius 2 is 2.00 bits per heavy atom. The predicted molar refractivity (Wildman–Crippen MR) is 78.7 cm³/mol. The first-order chi connectivity index (χ1) is 8.95. The predicted octanol–water partition coefficient (Wildman–Crippen LogP) is 3.51. The lowest BCUT2D eigenvalue weighted by atomic mass is 10.3. The van der Waals surface area contributed by atoms with Crippen LogP contribution in [0.3, 0.4) is 0 Å². The van der Waals surface area contributed by atoms with E-state index in [2.05, 4.69) is 32.2 Å². The third-order valence-electron chi connectivity index (χ3n) is 1.93. The highest BCUT2D eigenvalue weighted by atomic mass is 33.1. The average Bonchev–Trinajstić information content (AvgIpc) is 3.00. The Morgan fingerprint density at radius 3 is 2.56 bits per heavy atom. The number of nitrogens with zero attached hydrogens (tertiary/aromatic N) is 3. The topological polar surface area (TPSA) is 50.7 Å². The molecule has 92 valence electrons. The Bertz CT molecular complexity index is 432. The van der Waals surface area contributed by atoms with Crippen LogP contribution in [0.4, 0.5) is 11.5 Å². The van der Waals surface area contributed by atoms with Gasteiger partial charge in [0.1, 0.15) is 0 Å². The fourth-order valence-electron chi connectivity index (χ4n) is 1.17. The van der Waals surface area contributed by atoms with E-state index in [-0.39, 0.29) is 0 Å². The van der Waals surface area contributed by atoms with Crippen molar-refractivity contribution >= 4 is 33.1 Å². The van der Waals surface area contributed by atoms with E-state index in [1.807, 2.05) is 51.9 Å². The van der Waals surface area contributed by atoms with Crippen LogP contribution in [0.15, 0.2) is 54.1 Å². The molecule has 0 fully saturated rings. The molecule has 0 aliphatic carbocycles. The molecule has 0 radical (unpaired) electrons. The molecule has 0 saturated heterocycles. The standard InChI is InChI=1S/C9H8N4.C3H4S2/c1-2-4-8(5-3-1)11-9-6-7-10-13-12-9;1-2-4-5-3-1/h1-7H,(H,10,11,12);1-2H,3H2. The molecule has 1 aliphatic heterocycles. The minimum absolute atomic E-state index is 0.696. The van der Waals surface area contributed by atoms with Crippen molar-refractivity contribution in [3.63, 3.8) is 0 Å². The maximum Gasteiger partial charge on any atom is 0.156 e. The SMILES string of the molecule is C1=CSSC1.c1ccc(Nc2ccnnn2)cc1. The molecule has 0 bridgehead atoms. The minimum Gasteiger partial charge on any atom is -0.339 e. The molecular formula is C12H12N4S2. The maximum atomic E-state index is 3.80. The molecule has 3 rings (SSSR count). The molecule has 0 unspecified atom stereocenters. The van der Waals surface area contributed by atoms with Crippen LogP contribution in [-0.4, -0.2) is 21.2 Å². The van der Waals surface area contributed by atoms with Crippen LogP contribution in [0.2, 0.25) is 0 Å². The average molecular weight is 276 g/mol. The van der Waals surface area contributed by atoms with Gasteiger partial charge in [0.25, 0.3) is 0 Å². The quantitative estimate of drug-likeness (QED) is 0.847. The number of benzene rings is 1. The molecule has 1 aromatic carbocycles. The van der Waals surface area contributed by atoms with Gasteiger partial charge in [0.15, 0.2) is 5.82 Å². The Morgan fingerprint density at radius 1 is 1.11 bits per heavy atom. The lowest BCUT2D eigenvalue weighted by molar-refractivity contribution is 0.871. The monoisotopic (exact) mass is 276 g/mol. The first-order valence-corrected chi connectivity index (χ1v) is 7.73. The van der Waals surface area contributed by atoms with Crippen molar-refractivity contribution < 1.29 is 0 Å². The van der Waals surface area contributed by atoms with Crippen LogP contribution in [-0.2, 0) is 0 Å². The Balaban J connectivity index is 0.000000202. The van der Waals surface area contributed by atoms with Crippen molar-refractivity contribution in [1.82, 2.24) is 15.4 Å². The van der Waals surface area contributed by atoms with E-state index in [0.29, 0.717) is 5.82 Å². The Hall–Kier alpha value is -1.53. The lowest BCUT2D eigenvalue weighted by Gasteiger charge is -2.01. The third kappa shape index (κ3) is 4.77. The van der Waals surface area contributed by atoms with Crippen molar-refractivity contribution in [2.75, 3.05) is 11.1 Å². The van der Waals surface area contributed by atoms with Crippen LogP contribution in [0.5, 0.6) is 0 Å². The van der Waals surface area contributed by atoms with Crippen LogP contribution in [0, 0.1) is 0 Å². The first-order valence-electron chi connectivity index (χ1n) is 5.35. The molecule has 1 aromatic heterocycles. The number of anilines is 2. The van der Waals surface area contributed by atoms with Crippen LogP contribution in [0.1, 0.15) is 0 Å². The summed E-state index contributed by atoms with van der Waals surface area (Å²) in [5.41, 5.74) is 0.989. The van der Waals surface area contributed by atoms with Gasteiger partial charge >= 0.3 is 0 Å². The second kappa shape index (κ2) is 7.73. The van der Waals surface area contributed by atoms with Gasteiger partial charge in [0.05, 0.1) is 6.20 Å². The zero-order valence-corrected chi connectivity index (χ0v) is 11.2. The molecule has 0 atom stereocenters. The molecule has 18 heavy (non-hydrogen) atoms. The number of para-hydroxylation sites is 1. The van der Waals surface area contributed by atoms with Gasteiger partial charge in [0.2, 0.25) is 0 Å². The van der Waals surface area contributed by atoms with Gasteiger partial charge in [-0.3, -0.25) is 0 Å². The van der Waals surface area contributed by atoms with E-state index in [1.54, 1.807) is 12.3 Å². The fourth-order valence-corrected chi connectivity index (χ4v) is 2.74. The van der Waals surface area contributed by atoms with Gasteiger partial charge in [-0.2, -0.15) is 0 Å². The Kier molecular flexibility index (Phi) is 5.55. The van der Waals surface area contributed by atoms with E-state index in [4.69, 9.17) is 0 Å². The van der Waals surface area contributed by atoms with Crippen molar-refractivity contribution in [3.05, 3.63) is 54.1 Å². The summed E-state index contributed by atoms with van der Waals surface area (Å²) in [4.78, 5) is 0. The van der Waals surface area contributed by atoms with Crippen molar-refractivity contribution in [2.24, 2.45) is 0 Å². The number of rotatable bonds is 2. The summed E-state index contributed by atoms with van der Waals surface area (Å²) in [5.74, 6) is 1.89. The summed E-state index contributed by atoms with van der Waals surface area (Å²) in [6.07, 6.45) is 3.76. The van der Waals surface area contributed by atoms with E-state index in [1.165, 1.54) is 5.75 Å². The summed E-state index contributed by atoms with van der Waals surface area (Å²) in [6, 6.07) is 11.6. The maximum absolute atomic E-state index is 3.80. The molecule has 2 heterocycles. The number of nitrogens with one attached hydrogen (secondary N) is 1. The molecular weight excluding hydrogens is 264 g/mol. The molecule has 4 nitrogen and oxygen atoms in total. The highest BCUT2D eigenvalue weighted by molar-refractivity contribution is 8.78. The first kappa shape index (κ1) is 12.9. The number of aromatic nitrogens is 3. The van der Waals surface area contributed by atoms with Crippen LogP contribution < -0.4 is 5.32 Å². The number of hydrogen-bond acceptors (Lipinski definition) is 6. The van der Waals surface area contributed by atoms with Gasteiger partial charge in [-0.1, -0.05) is 45.9 Å². The summed E-state index contributed by atoms with van der Waals surface area (Å²) in [5, 5.41) is 16.1. The second-order valence-corrected chi connectivity index (χ2v) is 5.57. The van der Waals surface area contributed by atoms with Crippen molar-refractivity contribution in [2.45, 2.75) is 0 Å². The molecule has 0 spiro atoms. The summed E-state index contributed by atoms with van der Waals surface area (Å²) < 4.78 is 0. The molecule has 0 amide bonds. The summed E-state index contributed by atoms with van der Waals surface area (Å²) in [7, 11) is 3.69. The van der Waals surface area contributed by atoms with E-state index >= 15 is 0 Å². The van der Waals surface area contributed by atoms with Crippen LogP contribution >= 0.6 is 21.6 Å². The largest absolute Gasteiger partial charge is 0.339 e. The Labute approximate surface area is 114 Å². The zero-order chi connectivity index (χ0) is 12.5. The molecule has 2 aromatic rings. The lowest BCUT2D eigenvalue weighted by Crippen LogP contribution is -1.95. The van der Waals surface area contributed by atoms with E-state index < -0.39 is 0 Å². The highest BCUT2D eigenvalue weighted by Crippen LogP contribution is 2.27. The van der Waals surface area contributed by atoms with Gasteiger partial charge in [0, 0.05) is 17.5 Å². The highest BCUT2D eigenvalue weighted by Gasteiger charge is 1.92. The normalized spacial score (nSPS) is 12.7. The second-order valence-electron chi connectivity index (χ2n) is 3.25. The molecule has 6 heteroatoms. The molecule has 0 saturated carbocycles. The fraction of sp³-hybridized carbons (Fsp3) is 0.0833. The van der Waals surface area contributed by atoms with Gasteiger partial charge < -0.3 is 5.32 Å². The third-order valence-corrected chi connectivity index (χ3v) is 3.85. The van der Waals surface area contributed by atoms with Crippen molar-refractivity contribution in [3.8, 4) is 0 Å². The smallest absolute Gasteiger partial charge is 0.156 e. The van der Waals surface area contributed by atoms with Gasteiger partial charge in [-0.25, -0.2) is 0 Å². The molecule has 1 N–H and O–H groups in total. The summed E-state index contributed by atoms with van der Waals surface area (Å²) >= 11 is 0. The van der Waals surface area contributed by atoms with Gasteiger partial charge in [-0.15, -0.1) is 10.2 Å². The summed E-state index contributed by atoms with van der Waals surface area (Å²) in [6.45, 7) is 0. The molecule has 1 aliphatic rings. The minimum atomic E-state index is 0.696. The zero-order valence-electron chi connectivity index (χ0n) is 9.56. The van der Waals surface area contributed by atoms with E-state index in [9.17, 15) is 0 Å². The van der Waals surface area contributed by atoms with E-state index in [0.717, 1.165) is 5.69 Å². The number of hydrogen-bond donors (Lipinski definition) is 1. The van der Waals surface area contributed by atoms with Crippen molar-refractivity contribution in [1.29, 1.82) is 0 Å².